The first kappa shape index (κ1) is 15.9. The molecular weight excluding hydrogens is 238 g/mol. The second kappa shape index (κ2) is 8.10. The number of anilines is 1. The maximum atomic E-state index is 5.72. The molecule has 4 nitrogen and oxygen atoms in total. The van der Waals surface area contributed by atoms with E-state index in [4.69, 9.17) is 4.74 Å². The Bertz CT molecular complexity index is 380. The second-order valence-electron chi connectivity index (χ2n) is 5.08. The third-order valence-corrected chi connectivity index (χ3v) is 2.80. The van der Waals surface area contributed by atoms with E-state index < -0.39 is 0 Å². The molecular formula is C15H27N3O. The molecule has 1 unspecified atom stereocenters. The van der Waals surface area contributed by atoms with E-state index in [2.05, 4.69) is 43.0 Å². The normalized spacial score (nSPS) is 12.7. The monoisotopic (exact) mass is 265 g/mol. The SMILES string of the molecule is CCNc1cc(CC(C)C)nc(C(CC)OCC)n1. The van der Waals surface area contributed by atoms with Gasteiger partial charge in [0.25, 0.3) is 0 Å². The lowest BCUT2D eigenvalue weighted by Crippen LogP contribution is -2.13. The average molecular weight is 265 g/mol. The zero-order valence-corrected chi connectivity index (χ0v) is 12.9. The molecule has 0 fully saturated rings. The van der Waals surface area contributed by atoms with Gasteiger partial charge in [0.2, 0.25) is 0 Å². The Balaban J connectivity index is 3.03. The van der Waals surface area contributed by atoms with Crippen molar-refractivity contribution in [2.24, 2.45) is 5.92 Å². The highest BCUT2D eigenvalue weighted by Crippen LogP contribution is 2.20. The minimum atomic E-state index is -0.00508. The Hall–Kier alpha value is -1.16. The molecule has 0 aromatic carbocycles. The van der Waals surface area contributed by atoms with Crippen molar-refractivity contribution in [3.05, 3.63) is 17.6 Å². The zero-order chi connectivity index (χ0) is 14.3. The molecule has 0 radical (unpaired) electrons. The van der Waals surface area contributed by atoms with Gasteiger partial charge in [0.05, 0.1) is 0 Å². The lowest BCUT2D eigenvalue weighted by atomic mass is 10.1. The molecule has 1 N–H and O–H groups in total. The van der Waals surface area contributed by atoms with Crippen LogP contribution in [0.15, 0.2) is 6.07 Å². The van der Waals surface area contributed by atoms with Crippen LogP contribution in [0, 0.1) is 5.92 Å². The molecule has 1 rings (SSSR count). The van der Waals surface area contributed by atoms with Crippen LogP contribution in [0.3, 0.4) is 0 Å². The predicted molar refractivity (Wildman–Crippen MR) is 79.4 cm³/mol. The van der Waals surface area contributed by atoms with Crippen LogP contribution in [0.2, 0.25) is 0 Å². The first-order chi connectivity index (χ1) is 9.10. The van der Waals surface area contributed by atoms with E-state index in [1.54, 1.807) is 0 Å². The van der Waals surface area contributed by atoms with Gasteiger partial charge in [-0.25, -0.2) is 9.97 Å². The van der Waals surface area contributed by atoms with E-state index in [9.17, 15) is 0 Å². The summed E-state index contributed by atoms with van der Waals surface area (Å²) in [5, 5.41) is 3.28. The molecule has 0 bridgehead atoms. The van der Waals surface area contributed by atoms with Crippen molar-refractivity contribution in [2.75, 3.05) is 18.5 Å². The minimum absolute atomic E-state index is 0.00508. The third kappa shape index (κ3) is 5.15. The largest absolute Gasteiger partial charge is 0.371 e. The fourth-order valence-electron chi connectivity index (χ4n) is 2.03. The van der Waals surface area contributed by atoms with Gasteiger partial charge in [-0.3, -0.25) is 0 Å². The highest BCUT2D eigenvalue weighted by atomic mass is 16.5. The van der Waals surface area contributed by atoms with E-state index in [1.807, 2.05) is 13.0 Å². The van der Waals surface area contributed by atoms with Crippen molar-refractivity contribution in [3.63, 3.8) is 0 Å². The van der Waals surface area contributed by atoms with Gasteiger partial charge in [-0.15, -0.1) is 0 Å². The summed E-state index contributed by atoms with van der Waals surface area (Å²) < 4.78 is 5.72. The summed E-state index contributed by atoms with van der Waals surface area (Å²) in [7, 11) is 0. The molecule has 19 heavy (non-hydrogen) atoms. The summed E-state index contributed by atoms with van der Waals surface area (Å²) >= 11 is 0. The van der Waals surface area contributed by atoms with Gasteiger partial charge in [-0.05, 0) is 32.6 Å². The Morgan fingerprint density at radius 2 is 1.95 bits per heavy atom. The number of aromatic nitrogens is 2. The maximum Gasteiger partial charge on any atom is 0.159 e. The number of hydrogen-bond donors (Lipinski definition) is 1. The summed E-state index contributed by atoms with van der Waals surface area (Å²) in [5.41, 5.74) is 1.09. The van der Waals surface area contributed by atoms with Crippen LogP contribution in [0.5, 0.6) is 0 Å². The molecule has 1 atom stereocenters. The van der Waals surface area contributed by atoms with Crippen molar-refractivity contribution >= 4 is 5.82 Å². The molecule has 0 saturated carbocycles. The maximum absolute atomic E-state index is 5.72. The molecule has 0 saturated heterocycles. The number of nitrogens with zero attached hydrogens (tertiary/aromatic N) is 2. The first-order valence-corrected chi connectivity index (χ1v) is 7.33. The van der Waals surface area contributed by atoms with Crippen LogP contribution >= 0.6 is 0 Å². The third-order valence-electron chi connectivity index (χ3n) is 2.80. The average Bonchev–Trinajstić information content (AvgIpc) is 2.35. The van der Waals surface area contributed by atoms with Crippen molar-refractivity contribution in [1.29, 1.82) is 0 Å². The Kier molecular flexibility index (Phi) is 6.78. The van der Waals surface area contributed by atoms with Gasteiger partial charge < -0.3 is 10.1 Å². The smallest absolute Gasteiger partial charge is 0.159 e. The topological polar surface area (TPSA) is 47.0 Å². The number of nitrogens with one attached hydrogen (secondary N) is 1. The second-order valence-corrected chi connectivity index (χ2v) is 5.08. The van der Waals surface area contributed by atoms with Crippen LogP contribution in [0.25, 0.3) is 0 Å². The van der Waals surface area contributed by atoms with E-state index in [-0.39, 0.29) is 6.10 Å². The van der Waals surface area contributed by atoms with Crippen molar-refractivity contribution in [2.45, 2.75) is 53.6 Å². The lowest BCUT2D eigenvalue weighted by Gasteiger charge is -2.16. The molecule has 0 amide bonds. The number of ether oxygens (including phenoxy) is 1. The van der Waals surface area contributed by atoms with Crippen LogP contribution in [-0.2, 0) is 11.2 Å². The van der Waals surface area contributed by atoms with E-state index in [0.717, 1.165) is 36.7 Å². The minimum Gasteiger partial charge on any atom is -0.371 e. The van der Waals surface area contributed by atoms with Gasteiger partial charge in [0.1, 0.15) is 11.9 Å². The van der Waals surface area contributed by atoms with Gasteiger partial charge in [0.15, 0.2) is 5.82 Å². The predicted octanol–water partition coefficient (Wildman–Crippen LogP) is 3.59. The van der Waals surface area contributed by atoms with Crippen molar-refractivity contribution in [3.8, 4) is 0 Å². The zero-order valence-electron chi connectivity index (χ0n) is 12.9. The van der Waals surface area contributed by atoms with E-state index >= 15 is 0 Å². The number of rotatable bonds is 8. The quantitative estimate of drug-likeness (QED) is 0.780. The van der Waals surface area contributed by atoms with E-state index in [1.165, 1.54) is 0 Å². The lowest BCUT2D eigenvalue weighted by molar-refractivity contribution is 0.0534. The van der Waals surface area contributed by atoms with Gasteiger partial charge in [-0.2, -0.15) is 0 Å². The van der Waals surface area contributed by atoms with Crippen molar-refractivity contribution in [1.82, 2.24) is 9.97 Å². The molecule has 0 aliphatic heterocycles. The molecule has 1 aromatic heterocycles. The van der Waals surface area contributed by atoms with Crippen LogP contribution in [-0.4, -0.2) is 23.1 Å². The number of hydrogen-bond acceptors (Lipinski definition) is 4. The molecule has 108 valence electrons. The van der Waals surface area contributed by atoms with Crippen LogP contribution in [0.4, 0.5) is 5.82 Å². The van der Waals surface area contributed by atoms with Gasteiger partial charge in [0, 0.05) is 24.9 Å². The van der Waals surface area contributed by atoms with Crippen LogP contribution in [0.1, 0.15) is 58.7 Å². The Labute approximate surface area is 117 Å². The summed E-state index contributed by atoms with van der Waals surface area (Å²) in [4.78, 5) is 9.24. The summed E-state index contributed by atoms with van der Waals surface area (Å²) in [6.07, 6.45) is 1.86. The summed E-state index contributed by atoms with van der Waals surface area (Å²) in [6, 6.07) is 2.05. The Morgan fingerprint density at radius 1 is 1.21 bits per heavy atom. The fraction of sp³-hybridized carbons (Fsp3) is 0.733. The molecule has 4 heteroatoms. The standard InChI is InChI=1S/C15H27N3O/c1-6-13(19-8-3)15-17-12(9-11(4)5)10-14(18-15)16-7-2/h10-11,13H,6-9H2,1-5H3,(H,16,17,18). The first-order valence-electron chi connectivity index (χ1n) is 7.33. The molecule has 1 aromatic rings. The molecule has 0 aliphatic carbocycles. The summed E-state index contributed by atoms with van der Waals surface area (Å²) in [5.74, 6) is 2.30. The molecule has 1 heterocycles. The fourth-order valence-corrected chi connectivity index (χ4v) is 2.03. The van der Waals surface area contributed by atoms with E-state index in [0.29, 0.717) is 12.5 Å². The highest BCUT2D eigenvalue weighted by molar-refractivity contribution is 5.36. The Morgan fingerprint density at radius 3 is 2.47 bits per heavy atom. The van der Waals surface area contributed by atoms with Crippen molar-refractivity contribution < 1.29 is 4.74 Å². The van der Waals surface area contributed by atoms with Gasteiger partial charge >= 0.3 is 0 Å². The molecule has 0 aliphatic rings. The molecule has 0 spiro atoms. The highest BCUT2D eigenvalue weighted by Gasteiger charge is 2.15. The summed E-state index contributed by atoms with van der Waals surface area (Å²) in [6.45, 7) is 12.1. The van der Waals surface area contributed by atoms with Crippen LogP contribution < -0.4 is 5.32 Å². The van der Waals surface area contributed by atoms with Gasteiger partial charge in [-0.1, -0.05) is 20.8 Å².